The summed E-state index contributed by atoms with van der Waals surface area (Å²) < 4.78 is 5.46. The van der Waals surface area contributed by atoms with Crippen molar-refractivity contribution in [1.29, 1.82) is 0 Å². The number of likely N-dealkylation sites (tertiary alicyclic amines) is 2. The summed E-state index contributed by atoms with van der Waals surface area (Å²) in [4.78, 5) is 21.4. The quantitative estimate of drug-likeness (QED) is 0.791. The van der Waals surface area contributed by atoms with Crippen molar-refractivity contribution in [1.82, 2.24) is 9.80 Å². The number of carbonyl (C=O) groups excluding carboxylic acids is 1. The number of ether oxygens (including phenoxy) is 1. The molecule has 2 aliphatic heterocycles. The van der Waals surface area contributed by atoms with Gasteiger partial charge >= 0.3 is 6.09 Å². The SMILES string of the molecule is CO/N=C1/CN(Cc2ccccc2)CC12CN(C(=O)OC(C)(C)C)C2. The van der Waals surface area contributed by atoms with Crippen LogP contribution in [0.3, 0.4) is 0 Å². The van der Waals surface area contributed by atoms with Crippen LogP contribution in [-0.2, 0) is 16.1 Å². The highest BCUT2D eigenvalue weighted by molar-refractivity contribution is 5.96. The molecule has 1 aromatic rings. The van der Waals surface area contributed by atoms with Gasteiger partial charge in [-0.15, -0.1) is 0 Å². The molecule has 0 bridgehead atoms. The molecule has 0 unspecified atom stereocenters. The Labute approximate surface area is 149 Å². The Morgan fingerprint density at radius 2 is 1.88 bits per heavy atom. The fourth-order valence-electron chi connectivity index (χ4n) is 3.57. The molecule has 3 rings (SSSR count). The predicted octanol–water partition coefficient (Wildman–Crippen LogP) is 2.74. The molecule has 136 valence electrons. The number of amides is 1. The minimum atomic E-state index is -0.474. The van der Waals surface area contributed by atoms with Crippen molar-refractivity contribution in [2.75, 3.05) is 33.3 Å². The molecule has 2 heterocycles. The maximum atomic E-state index is 12.2. The van der Waals surface area contributed by atoms with Crippen molar-refractivity contribution < 1.29 is 14.4 Å². The van der Waals surface area contributed by atoms with Crippen molar-refractivity contribution >= 4 is 11.8 Å². The maximum absolute atomic E-state index is 12.2. The van der Waals surface area contributed by atoms with Gasteiger partial charge in [0.05, 0.1) is 11.1 Å². The number of hydrogen-bond acceptors (Lipinski definition) is 5. The van der Waals surface area contributed by atoms with Gasteiger partial charge in [-0.05, 0) is 26.3 Å². The van der Waals surface area contributed by atoms with Gasteiger partial charge in [-0.1, -0.05) is 35.5 Å². The third-order valence-corrected chi connectivity index (χ3v) is 4.60. The summed E-state index contributed by atoms with van der Waals surface area (Å²) in [6, 6.07) is 10.4. The second-order valence-corrected chi connectivity index (χ2v) is 7.97. The molecule has 0 atom stereocenters. The standard InChI is InChI=1S/C19H27N3O3/c1-18(2,3)25-17(23)22-13-19(14-22)12-21(11-16(19)20-24-4)10-15-8-6-5-7-9-15/h5-9H,10-14H2,1-4H3/b20-16-. The van der Waals surface area contributed by atoms with E-state index in [4.69, 9.17) is 9.57 Å². The van der Waals surface area contributed by atoms with E-state index < -0.39 is 5.60 Å². The van der Waals surface area contributed by atoms with E-state index in [1.165, 1.54) is 5.56 Å². The Balaban J connectivity index is 1.65. The normalized spacial score (nSPS) is 21.4. The van der Waals surface area contributed by atoms with Crippen molar-refractivity contribution in [2.24, 2.45) is 10.6 Å². The van der Waals surface area contributed by atoms with Gasteiger partial charge in [-0.25, -0.2) is 4.79 Å². The molecule has 6 heteroatoms. The van der Waals surface area contributed by atoms with Gasteiger partial charge < -0.3 is 14.5 Å². The van der Waals surface area contributed by atoms with Gasteiger partial charge in [0, 0.05) is 32.7 Å². The van der Waals surface area contributed by atoms with Crippen LogP contribution < -0.4 is 0 Å². The Bertz CT molecular complexity index is 646. The van der Waals surface area contributed by atoms with Crippen LogP contribution in [0.15, 0.2) is 35.5 Å². The zero-order valence-electron chi connectivity index (χ0n) is 15.5. The van der Waals surface area contributed by atoms with Crippen LogP contribution in [-0.4, -0.2) is 60.5 Å². The number of nitrogens with zero attached hydrogens (tertiary/aromatic N) is 3. The number of hydrogen-bond donors (Lipinski definition) is 0. The lowest BCUT2D eigenvalue weighted by molar-refractivity contribution is -0.0153. The zero-order chi connectivity index (χ0) is 18.1. The van der Waals surface area contributed by atoms with E-state index in [2.05, 4.69) is 34.3 Å². The van der Waals surface area contributed by atoms with E-state index >= 15 is 0 Å². The highest BCUT2D eigenvalue weighted by Gasteiger charge is 2.54. The highest BCUT2D eigenvalue weighted by Crippen LogP contribution is 2.39. The van der Waals surface area contributed by atoms with Gasteiger partial charge in [0.25, 0.3) is 0 Å². The van der Waals surface area contributed by atoms with Crippen LogP contribution in [0.2, 0.25) is 0 Å². The summed E-state index contributed by atoms with van der Waals surface area (Å²) in [5.74, 6) is 0. The molecule has 2 saturated heterocycles. The third kappa shape index (κ3) is 3.95. The van der Waals surface area contributed by atoms with Crippen LogP contribution in [0, 0.1) is 5.41 Å². The number of rotatable bonds is 3. The van der Waals surface area contributed by atoms with Crippen LogP contribution in [0.1, 0.15) is 26.3 Å². The van der Waals surface area contributed by atoms with E-state index in [-0.39, 0.29) is 11.5 Å². The predicted molar refractivity (Wildman–Crippen MR) is 96.4 cm³/mol. The molecule has 1 aromatic carbocycles. The van der Waals surface area contributed by atoms with Crippen LogP contribution in [0.5, 0.6) is 0 Å². The molecule has 6 nitrogen and oxygen atoms in total. The second-order valence-electron chi connectivity index (χ2n) is 7.97. The topological polar surface area (TPSA) is 54.4 Å². The number of carbonyl (C=O) groups is 1. The minimum Gasteiger partial charge on any atom is -0.444 e. The van der Waals surface area contributed by atoms with Crippen molar-refractivity contribution in [3.63, 3.8) is 0 Å². The summed E-state index contributed by atoms with van der Waals surface area (Å²) in [7, 11) is 1.57. The first-order valence-electron chi connectivity index (χ1n) is 8.66. The van der Waals surface area contributed by atoms with Gasteiger partial charge in [-0.2, -0.15) is 0 Å². The van der Waals surface area contributed by atoms with E-state index in [0.29, 0.717) is 13.1 Å². The van der Waals surface area contributed by atoms with E-state index in [1.54, 1.807) is 12.0 Å². The molecule has 1 spiro atoms. The summed E-state index contributed by atoms with van der Waals surface area (Å²) >= 11 is 0. The molecule has 0 aliphatic carbocycles. The molecule has 0 saturated carbocycles. The third-order valence-electron chi connectivity index (χ3n) is 4.60. The van der Waals surface area contributed by atoms with Crippen LogP contribution in [0.25, 0.3) is 0 Å². The number of oxime groups is 1. The van der Waals surface area contributed by atoms with Crippen molar-refractivity contribution in [3.8, 4) is 0 Å². The zero-order valence-corrected chi connectivity index (χ0v) is 15.5. The molecule has 25 heavy (non-hydrogen) atoms. The fraction of sp³-hybridized carbons (Fsp3) is 0.579. The Kier molecular flexibility index (Phi) is 4.73. The molecule has 2 aliphatic rings. The first-order chi connectivity index (χ1) is 11.8. The second kappa shape index (κ2) is 6.67. The lowest BCUT2D eigenvalue weighted by atomic mass is 9.78. The smallest absolute Gasteiger partial charge is 0.410 e. The Hall–Kier alpha value is -2.08. The van der Waals surface area contributed by atoms with Crippen LogP contribution in [0.4, 0.5) is 4.79 Å². The fourth-order valence-corrected chi connectivity index (χ4v) is 3.57. The lowest BCUT2D eigenvalue weighted by Crippen LogP contribution is -2.63. The summed E-state index contributed by atoms with van der Waals surface area (Å²) in [5, 5.41) is 4.26. The average molecular weight is 345 g/mol. The molecule has 1 amide bonds. The van der Waals surface area contributed by atoms with E-state index in [9.17, 15) is 4.79 Å². The first kappa shape index (κ1) is 17.7. The van der Waals surface area contributed by atoms with Crippen LogP contribution >= 0.6 is 0 Å². The van der Waals surface area contributed by atoms with E-state index in [0.717, 1.165) is 25.3 Å². The molecular formula is C19H27N3O3. The summed E-state index contributed by atoms with van der Waals surface area (Å²) in [6.45, 7) is 9.44. The largest absolute Gasteiger partial charge is 0.444 e. The monoisotopic (exact) mass is 345 g/mol. The van der Waals surface area contributed by atoms with Gasteiger partial charge in [0.2, 0.25) is 0 Å². The molecular weight excluding hydrogens is 318 g/mol. The summed E-state index contributed by atoms with van der Waals surface area (Å²) in [5.41, 5.74) is 1.71. The number of benzene rings is 1. The summed E-state index contributed by atoms with van der Waals surface area (Å²) in [6.07, 6.45) is -0.253. The van der Waals surface area contributed by atoms with Crippen molar-refractivity contribution in [2.45, 2.75) is 32.9 Å². The van der Waals surface area contributed by atoms with Gasteiger partial charge in [-0.3, -0.25) is 4.90 Å². The van der Waals surface area contributed by atoms with E-state index in [1.807, 2.05) is 26.8 Å². The first-order valence-corrected chi connectivity index (χ1v) is 8.66. The van der Waals surface area contributed by atoms with Crippen molar-refractivity contribution in [3.05, 3.63) is 35.9 Å². The minimum absolute atomic E-state index is 0.109. The Morgan fingerprint density at radius 1 is 1.20 bits per heavy atom. The van der Waals surface area contributed by atoms with Gasteiger partial charge in [0.15, 0.2) is 0 Å². The Morgan fingerprint density at radius 3 is 2.48 bits per heavy atom. The highest BCUT2D eigenvalue weighted by atomic mass is 16.6. The molecule has 0 N–H and O–H groups in total. The molecule has 0 aromatic heterocycles. The maximum Gasteiger partial charge on any atom is 0.410 e. The lowest BCUT2D eigenvalue weighted by Gasteiger charge is -2.47. The van der Waals surface area contributed by atoms with Gasteiger partial charge in [0.1, 0.15) is 12.7 Å². The average Bonchev–Trinajstić information content (AvgIpc) is 2.84. The molecule has 0 radical (unpaired) electrons. The molecule has 2 fully saturated rings.